The molecular formula is C15H18OS. The Morgan fingerprint density at radius 2 is 1.88 bits per heavy atom. The van der Waals surface area contributed by atoms with Crippen molar-refractivity contribution >= 4 is 11.3 Å². The summed E-state index contributed by atoms with van der Waals surface area (Å²) < 4.78 is 0. The molecule has 0 aliphatic carbocycles. The molecule has 0 spiro atoms. The molecule has 2 aromatic rings. The van der Waals surface area contributed by atoms with Crippen LogP contribution in [-0.2, 0) is 6.42 Å². The number of rotatable bonds is 6. The van der Waals surface area contributed by atoms with E-state index in [4.69, 9.17) is 0 Å². The third kappa shape index (κ3) is 3.99. The average molecular weight is 246 g/mol. The number of aliphatic hydroxyl groups is 1. The van der Waals surface area contributed by atoms with Crippen LogP contribution in [-0.4, -0.2) is 5.11 Å². The summed E-state index contributed by atoms with van der Waals surface area (Å²) in [6.07, 6.45) is 3.91. The average Bonchev–Trinajstić information content (AvgIpc) is 2.88. The number of aryl methyl sites for hydroxylation is 1. The predicted octanol–water partition coefficient (Wildman–Crippen LogP) is 4.19. The molecule has 0 saturated carbocycles. The van der Waals surface area contributed by atoms with E-state index in [1.807, 2.05) is 30.3 Å². The van der Waals surface area contributed by atoms with Gasteiger partial charge in [0.05, 0.1) is 6.10 Å². The molecule has 0 fully saturated rings. The first-order valence-electron chi connectivity index (χ1n) is 6.10. The highest BCUT2D eigenvalue weighted by Crippen LogP contribution is 2.19. The Morgan fingerprint density at radius 3 is 2.59 bits per heavy atom. The second-order valence-corrected chi connectivity index (χ2v) is 5.08. The number of hydrogen-bond acceptors (Lipinski definition) is 2. The lowest BCUT2D eigenvalue weighted by molar-refractivity contribution is 0.163. The van der Waals surface area contributed by atoms with Gasteiger partial charge in [-0.1, -0.05) is 36.8 Å². The van der Waals surface area contributed by atoms with E-state index in [9.17, 15) is 5.11 Å². The van der Waals surface area contributed by atoms with Gasteiger partial charge in [-0.05, 0) is 47.2 Å². The zero-order valence-electron chi connectivity index (χ0n) is 9.88. The summed E-state index contributed by atoms with van der Waals surface area (Å²) >= 11 is 1.75. The van der Waals surface area contributed by atoms with E-state index in [2.05, 4.69) is 16.8 Å². The van der Waals surface area contributed by atoms with Gasteiger partial charge in [0, 0.05) is 0 Å². The third-order valence-electron chi connectivity index (χ3n) is 2.96. The molecule has 1 N–H and O–H groups in total. The van der Waals surface area contributed by atoms with Gasteiger partial charge in [0.25, 0.3) is 0 Å². The van der Waals surface area contributed by atoms with E-state index in [0.717, 1.165) is 31.2 Å². The number of unbranched alkanes of at least 4 members (excludes halogenated alkanes) is 1. The van der Waals surface area contributed by atoms with Gasteiger partial charge >= 0.3 is 0 Å². The van der Waals surface area contributed by atoms with Gasteiger partial charge in [0.2, 0.25) is 0 Å². The van der Waals surface area contributed by atoms with E-state index < -0.39 is 0 Å². The van der Waals surface area contributed by atoms with Crippen LogP contribution in [0.3, 0.4) is 0 Å². The SMILES string of the molecule is OC(CCCCc1ccsc1)c1ccccc1. The maximum absolute atomic E-state index is 9.98. The van der Waals surface area contributed by atoms with Gasteiger partial charge in [0.1, 0.15) is 0 Å². The van der Waals surface area contributed by atoms with Crippen molar-refractivity contribution < 1.29 is 5.11 Å². The second-order valence-electron chi connectivity index (χ2n) is 4.30. The van der Waals surface area contributed by atoms with Crippen molar-refractivity contribution in [1.82, 2.24) is 0 Å². The molecule has 0 radical (unpaired) electrons. The Hall–Kier alpha value is -1.12. The summed E-state index contributed by atoms with van der Waals surface area (Å²) in [7, 11) is 0. The zero-order valence-corrected chi connectivity index (χ0v) is 10.7. The number of thiophene rings is 1. The fourth-order valence-corrected chi connectivity index (χ4v) is 2.65. The van der Waals surface area contributed by atoms with Gasteiger partial charge in [0.15, 0.2) is 0 Å². The Kier molecular flexibility index (Phi) is 4.77. The Balaban J connectivity index is 1.68. The molecular weight excluding hydrogens is 228 g/mol. The van der Waals surface area contributed by atoms with Gasteiger partial charge < -0.3 is 5.11 Å². The molecule has 0 saturated heterocycles. The quantitative estimate of drug-likeness (QED) is 0.758. The topological polar surface area (TPSA) is 20.2 Å². The van der Waals surface area contributed by atoms with E-state index >= 15 is 0 Å². The van der Waals surface area contributed by atoms with Gasteiger partial charge in [-0.3, -0.25) is 0 Å². The Bertz CT molecular complexity index is 408. The lowest BCUT2D eigenvalue weighted by Crippen LogP contribution is -1.97. The van der Waals surface area contributed by atoms with Gasteiger partial charge in [-0.25, -0.2) is 0 Å². The first-order chi connectivity index (χ1) is 8.36. The normalized spacial score (nSPS) is 12.5. The van der Waals surface area contributed by atoms with Crippen molar-refractivity contribution in [2.24, 2.45) is 0 Å². The molecule has 90 valence electrons. The molecule has 1 nitrogen and oxygen atoms in total. The molecule has 2 rings (SSSR count). The Labute approximate surface area is 107 Å². The van der Waals surface area contributed by atoms with Gasteiger partial charge in [-0.15, -0.1) is 0 Å². The molecule has 1 aromatic carbocycles. The van der Waals surface area contributed by atoms with Crippen molar-refractivity contribution in [2.75, 3.05) is 0 Å². The standard InChI is InChI=1S/C15H18OS/c16-15(14-7-2-1-3-8-14)9-5-4-6-13-10-11-17-12-13/h1-3,7-8,10-12,15-16H,4-6,9H2. The summed E-state index contributed by atoms with van der Waals surface area (Å²) in [4.78, 5) is 0. The minimum absolute atomic E-state index is 0.307. The van der Waals surface area contributed by atoms with E-state index in [1.54, 1.807) is 11.3 Å². The minimum Gasteiger partial charge on any atom is -0.388 e. The van der Waals surface area contributed by atoms with E-state index in [0.29, 0.717) is 0 Å². The van der Waals surface area contributed by atoms with Gasteiger partial charge in [-0.2, -0.15) is 11.3 Å². The summed E-state index contributed by atoms with van der Waals surface area (Å²) in [5.41, 5.74) is 2.45. The molecule has 0 bridgehead atoms. The van der Waals surface area contributed by atoms with Crippen LogP contribution in [0.5, 0.6) is 0 Å². The maximum atomic E-state index is 9.98. The molecule has 1 aromatic heterocycles. The first kappa shape index (κ1) is 12.3. The van der Waals surface area contributed by atoms with Crippen LogP contribution in [0.4, 0.5) is 0 Å². The van der Waals surface area contributed by atoms with Crippen LogP contribution in [0, 0.1) is 0 Å². The van der Waals surface area contributed by atoms with Crippen molar-refractivity contribution in [3.05, 3.63) is 58.3 Å². The maximum Gasteiger partial charge on any atom is 0.0790 e. The number of benzene rings is 1. The Morgan fingerprint density at radius 1 is 1.06 bits per heavy atom. The highest BCUT2D eigenvalue weighted by molar-refractivity contribution is 7.07. The fraction of sp³-hybridized carbons (Fsp3) is 0.333. The van der Waals surface area contributed by atoms with Crippen molar-refractivity contribution in [3.63, 3.8) is 0 Å². The molecule has 2 heteroatoms. The zero-order chi connectivity index (χ0) is 11.9. The largest absolute Gasteiger partial charge is 0.388 e. The summed E-state index contributed by atoms with van der Waals surface area (Å²) in [5.74, 6) is 0. The smallest absolute Gasteiger partial charge is 0.0790 e. The molecule has 1 atom stereocenters. The molecule has 1 heterocycles. The molecule has 0 aliphatic rings. The lowest BCUT2D eigenvalue weighted by atomic mass is 10.0. The van der Waals surface area contributed by atoms with Crippen molar-refractivity contribution in [3.8, 4) is 0 Å². The minimum atomic E-state index is -0.307. The summed E-state index contributed by atoms with van der Waals surface area (Å²) in [5, 5.41) is 14.3. The molecule has 17 heavy (non-hydrogen) atoms. The lowest BCUT2D eigenvalue weighted by Gasteiger charge is -2.10. The highest BCUT2D eigenvalue weighted by Gasteiger charge is 2.05. The second kappa shape index (κ2) is 6.58. The number of hydrogen-bond donors (Lipinski definition) is 1. The predicted molar refractivity (Wildman–Crippen MR) is 73.3 cm³/mol. The van der Waals surface area contributed by atoms with Crippen LogP contribution in [0.15, 0.2) is 47.2 Å². The van der Waals surface area contributed by atoms with Crippen LogP contribution in [0.1, 0.15) is 36.5 Å². The van der Waals surface area contributed by atoms with Crippen LogP contribution >= 0.6 is 11.3 Å². The van der Waals surface area contributed by atoms with Crippen LogP contribution in [0.2, 0.25) is 0 Å². The molecule has 0 aliphatic heterocycles. The van der Waals surface area contributed by atoms with Crippen molar-refractivity contribution in [2.45, 2.75) is 31.8 Å². The fourth-order valence-electron chi connectivity index (χ4n) is 1.94. The van der Waals surface area contributed by atoms with Crippen molar-refractivity contribution in [1.29, 1.82) is 0 Å². The highest BCUT2D eigenvalue weighted by atomic mass is 32.1. The van der Waals surface area contributed by atoms with E-state index in [-0.39, 0.29) is 6.10 Å². The van der Waals surface area contributed by atoms with E-state index in [1.165, 1.54) is 5.56 Å². The van der Waals surface area contributed by atoms with Crippen LogP contribution in [0.25, 0.3) is 0 Å². The summed E-state index contributed by atoms with van der Waals surface area (Å²) in [6, 6.07) is 12.1. The third-order valence-corrected chi connectivity index (χ3v) is 3.69. The first-order valence-corrected chi connectivity index (χ1v) is 7.04. The monoisotopic (exact) mass is 246 g/mol. The van der Waals surface area contributed by atoms with Crippen LogP contribution < -0.4 is 0 Å². The molecule has 1 unspecified atom stereocenters. The molecule has 0 amide bonds. The summed E-state index contributed by atoms with van der Waals surface area (Å²) in [6.45, 7) is 0. The number of aliphatic hydroxyl groups excluding tert-OH is 1.